The summed E-state index contributed by atoms with van der Waals surface area (Å²) in [4.78, 5) is 0. The molecule has 0 bridgehead atoms. The van der Waals surface area contributed by atoms with Crippen LogP contribution in [0.2, 0.25) is 0 Å². The van der Waals surface area contributed by atoms with Crippen molar-refractivity contribution in [3.05, 3.63) is 0 Å². The minimum Gasteiger partial charge on any atom is -0.353 e. The molecule has 2 atom stereocenters. The van der Waals surface area contributed by atoms with E-state index in [1.165, 1.54) is 103 Å². The lowest BCUT2D eigenvalue weighted by atomic mass is 9.99. The van der Waals surface area contributed by atoms with E-state index in [-0.39, 0.29) is 6.29 Å². The number of ether oxygens (including phenoxy) is 2. The van der Waals surface area contributed by atoms with Crippen LogP contribution in [0.25, 0.3) is 0 Å². The standard InChI is InChI=1S/C23H46O2/c1-3-4-5-6-7-8-9-10-11-12-13-14-17-22(2)19-21-25-23-18-15-16-20-24-23/h22-23H,3-21H2,1-2H3. The Hall–Kier alpha value is -0.0800. The Kier molecular flexibility index (Phi) is 15.9. The van der Waals surface area contributed by atoms with E-state index >= 15 is 0 Å². The second-order valence-corrected chi connectivity index (χ2v) is 8.24. The van der Waals surface area contributed by atoms with Gasteiger partial charge in [-0.15, -0.1) is 0 Å². The summed E-state index contributed by atoms with van der Waals surface area (Å²) in [7, 11) is 0. The van der Waals surface area contributed by atoms with E-state index in [0.29, 0.717) is 0 Å². The van der Waals surface area contributed by atoms with Crippen LogP contribution in [-0.4, -0.2) is 19.5 Å². The highest BCUT2D eigenvalue weighted by Crippen LogP contribution is 2.18. The maximum absolute atomic E-state index is 5.84. The Morgan fingerprint density at radius 3 is 1.96 bits per heavy atom. The number of hydrogen-bond acceptors (Lipinski definition) is 2. The first kappa shape index (κ1) is 23.0. The summed E-state index contributed by atoms with van der Waals surface area (Å²) < 4.78 is 11.5. The fourth-order valence-corrected chi connectivity index (χ4v) is 3.72. The highest BCUT2D eigenvalue weighted by atomic mass is 16.7. The van der Waals surface area contributed by atoms with E-state index in [0.717, 1.165) is 25.6 Å². The Labute approximate surface area is 158 Å². The molecule has 0 radical (unpaired) electrons. The first-order chi connectivity index (χ1) is 12.3. The molecule has 1 aliphatic rings. The maximum atomic E-state index is 5.84. The summed E-state index contributed by atoms with van der Waals surface area (Å²) in [6.07, 6.45) is 23.5. The summed E-state index contributed by atoms with van der Waals surface area (Å²) in [5.74, 6) is 0.798. The Bertz CT molecular complexity index is 261. The van der Waals surface area contributed by atoms with E-state index in [9.17, 15) is 0 Å². The zero-order valence-electron chi connectivity index (χ0n) is 17.4. The molecular weight excluding hydrogens is 308 g/mol. The third-order valence-corrected chi connectivity index (χ3v) is 5.60. The van der Waals surface area contributed by atoms with Gasteiger partial charge in [0.25, 0.3) is 0 Å². The predicted molar refractivity (Wildman–Crippen MR) is 109 cm³/mol. The summed E-state index contributed by atoms with van der Waals surface area (Å²) in [6.45, 7) is 6.44. The molecule has 1 saturated heterocycles. The van der Waals surface area contributed by atoms with Crippen LogP contribution >= 0.6 is 0 Å². The first-order valence-electron chi connectivity index (χ1n) is 11.6. The summed E-state index contributed by atoms with van der Waals surface area (Å²) in [5.41, 5.74) is 0. The van der Waals surface area contributed by atoms with E-state index in [4.69, 9.17) is 9.47 Å². The average Bonchev–Trinajstić information content (AvgIpc) is 2.63. The summed E-state index contributed by atoms with van der Waals surface area (Å²) in [5, 5.41) is 0. The minimum absolute atomic E-state index is 0.0904. The number of rotatable bonds is 17. The highest BCUT2D eigenvalue weighted by Gasteiger charge is 2.14. The van der Waals surface area contributed by atoms with Gasteiger partial charge in [0.1, 0.15) is 0 Å². The van der Waals surface area contributed by atoms with E-state index in [1.807, 2.05) is 0 Å². The third-order valence-electron chi connectivity index (χ3n) is 5.60. The molecule has 0 aromatic rings. The van der Waals surface area contributed by atoms with Gasteiger partial charge in [-0.25, -0.2) is 0 Å². The van der Waals surface area contributed by atoms with Crippen molar-refractivity contribution in [3.63, 3.8) is 0 Å². The minimum atomic E-state index is 0.0904. The Balaban J connectivity index is 1.75. The van der Waals surface area contributed by atoms with E-state index in [2.05, 4.69) is 13.8 Å². The van der Waals surface area contributed by atoms with Crippen LogP contribution in [0.5, 0.6) is 0 Å². The topological polar surface area (TPSA) is 18.5 Å². The van der Waals surface area contributed by atoms with Crippen molar-refractivity contribution in [1.29, 1.82) is 0 Å². The molecule has 2 heteroatoms. The molecule has 1 heterocycles. The lowest BCUT2D eigenvalue weighted by Gasteiger charge is -2.23. The normalized spacial score (nSPS) is 19.2. The Morgan fingerprint density at radius 2 is 1.40 bits per heavy atom. The molecule has 2 unspecified atom stereocenters. The molecule has 25 heavy (non-hydrogen) atoms. The molecule has 2 nitrogen and oxygen atoms in total. The van der Waals surface area contributed by atoms with Crippen molar-refractivity contribution in [2.75, 3.05) is 13.2 Å². The largest absolute Gasteiger partial charge is 0.353 e. The van der Waals surface area contributed by atoms with E-state index < -0.39 is 0 Å². The van der Waals surface area contributed by atoms with Crippen LogP contribution in [-0.2, 0) is 9.47 Å². The molecule has 0 amide bonds. The van der Waals surface area contributed by atoms with Crippen molar-refractivity contribution in [3.8, 4) is 0 Å². The number of unbranched alkanes of at least 4 members (excludes halogenated alkanes) is 11. The van der Waals surface area contributed by atoms with Crippen LogP contribution in [0.3, 0.4) is 0 Å². The van der Waals surface area contributed by atoms with Gasteiger partial charge in [-0.1, -0.05) is 97.3 Å². The smallest absolute Gasteiger partial charge is 0.157 e. The van der Waals surface area contributed by atoms with Gasteiger partial charge in [0.2, 0.25) is 0 Å². The van der Waals surface area contributed by atoms with Gasteiger partial charge in [-0.05, 0) is 31.6 Å². The molecule has 0 spiro atoms. The van der Waals surface area contributed by atoms with Gasteiger partial charge in [-0.2, -0.15) is 0 Å². The van der Waals surface area contributed by atoms with Crippen molar-refractivity contribution in [2.45, 2.75) is 129 Å². The Morgan fingerprint density at radius 1 is 0.800 bits per heavy atom. The molecule has 1 fully saturated rings. The van der Waals surface area contributed by atoms with Crippen molar-refractivity contribution in [1.82, 2.24) is 0 Å². The molecule has 0 aliphatic carbocycles. The second kappa shape index (κ2) is 17.3. The SMILES string of the molecule is CCCCCCCCCCCCCCC(C)CCOC1CCCCO1. The monoisotopic (exact) mass is 354 g/mol. The van der Waals surface area contributed by atoms with Crippen LogP contribution in [0.4, 0.5) is 0 Å². The van der Waals surface area contributed by atoms with Crippen molar-refractivity contribution >= 4 is 0 Å². The first-order valence-corrected chi connectivity index (χ1v) is 11.6. The molecular formula is C23H46O2. The zero-order valence-corrected chi connectivity index (χ0v) is 17.4. The maximum Gasteiger partial charge on any atom is 0.157 e. The number of hydrogen-bond donors (Lipinski definition) is 0. The lowest BCUT2D eigenvalue weighted by Crippen LogP contribution is -2.23. The van der Waals surface area contributed by atoms with Gasteiger partial charge in [0.05, 0.1) is 0 Å². The molecule has 0 aromatic heterocycles. The fraction of sp³-hybridized carbons (Fsp3) is 1.00. The van der Waals surface area contributed by atoms with Crippen LogP contribution in [0.15, 0.2) is 0 Å². The van der Waals surface area contributed by atoms with Gasteiger partial charge < -0.3 is 9.47 Å². The summed E-state index contributed by atoms with van der Waals surface area (Å²) in [6, 6.07) is 0. The average molecular weight is 355 g/mol. The molecule has 0 N–H and O–H groups in total. The fourth-order valence-electron chi connectivity index (χ4n) is 3.72. The summed E-state index contributed by atoms with van der Waals surface area (Å²) >= 11 is 0. The van der Waals surface area contributed by atoms with Gasteiger partial charge in [0.15, 0.2) is 6.29 Å². The van der Waals surface area contributed by atoms with Gasteiger partial charge >= 0.3 is 0 Å². The van der Waals surface area contributed by atoms with Crippen LogP contribution in [0, 0.1) is 5.92 Å². The quantitative estimate of drug-likeness (QED) is 0.250. The van der Waals surface area contributed by atoms with Gasteiger partial charge in [0, 0.05) is 13.2 Å². The molecule has 1 rings (SSSR count). The molecule has 0 saturated carbocycles. The zero-order chi connectivity index (χ0) is 18.0. The lowest BCUT2D eigenvalue weighted by molar-refractivity contribution is -0.164. The molecule has 1 aliphatic heterocycles. The third kappa shape index (κ3) is 14.7. The molecule has 0 aromatic carbocycles. The second-order valence-electron chi connectivity index (χ2n) is 8.24. The van der Waals surface area contributed by atoms with Crippen molar-refractivity contribution < 1.29 is 9.47 Å². The predicted octanol–water partition coefficient (Wildman–Crippen LogP) is 7.65. The highest BCUT2D eigenvalue weighted by molar-refractivity contribution is 4.57. The van der Waals surface area contributed by atoms with E-state index in [1.54, 1.807) is 0 Å². The van der Waals surface area contributed by atoms with Crippen molar-refractivity contribution in [2.24, 2.45) is 5.92 Å². The van der Waals surface area contributed by atoms with Crippen LogP contribution < -0.4 is 0 Å². The van der Waals surface area contributed by atoms with Crippen LogP contribution in [0.1, 0.15) is 123 Å². The van der Waals surface area contributed by atoms with Gasteiger partial charge in [-0.3, -0.25) is 0 Å². The molecule has 150 valence electrons.